The smallest absolute Gasteiger partial charge is 0.183 e. The summed E-state index contributed by atoms with van der Waals surface area (Å²) in [5.74, 6) is 0.824. The van der Waals surface area contributed by atoms with E-state index in [1.165, 1.54) is 0 Å². The van der Waals surface area contributed by atoms with Crippen LogP contribution in [0.2, 0.25) is 0 Å². The fourth-order valence-corrected chi connectivity index (χ4v) is 1.35. The first-order valence-corrected chi connectivity index (χ1v) is 4.63. The molecule has 11 heavy (non-hydrogen) atoms. The van der Waals surface area contributed by atoms with Gasteiger partial charge in [-0.2, -0.15) is 5.26 Å². The molecule has 0 saturated carbocycles. The maximum Gasteiger partial charge on any atom is 0.183 e. The number of nitriles is 1. The summed E-state index contributed by atoms with van der Waals surface area (Å²) in [6.45, 7) is 0. The topological polar surface area (TPSA) is 36.9 Å². The van der Waals surface area contributed by atoms with Gasteiger partial charge in [-0.05, 0) is 37.9 Å². The van der Waals surface area contributed by atoms with Crippen LogP contribution >= 0.6 is 31.9 Å². The molecule has 0 radical (unpaired) electrons. The molecule has 1 rings (SSSR count). The van der Waals surface area contributed by atoms with Gasteiger partial charge in [-0.25, -0.2) is 0 Å². The van der Waals surface area contributed by atoms with E-state index in [1.54, 1.807) is 0 Å². The second-order valence-electron chi connectivity index (χ2n) is 1.99. The zero-order valence-electron chi connectivity index (χ0n) is 5.60. The van der Waals surface area contributed by atoms with Crippen LogP contribution in [0.25, 0.3) is 0 Å². The van der Waals surface area contributed by atoms with E-state index in [0.29, 0.717) is 17.5 Å². The number of hydrogen-bond donors (Lipinski definition) is 0. The molecular formula is C7H5Br2NO. The minimum absolute atomic E-state index is 0.492. The molecule has 2 nitrogen and oxygen atoms in total. The van der Waals surface area contributed by atoms with Crippen LogP contribution in [-0.2, 0) is 6.42 Å². The van der Waals surface area contributed by atoms with Crippen LogP contribution in [0.15, 0.2) is 19.6 Å². The summed E-state index contributed by atoms with van der Waals surface area (Å²) in [6, 6.07) is 3.92. The Labute approximate surface area is 81.4 Å². The van der Waals surface area contributed by atoms with Gasteiger partial charge in [-0.1, -0.05) is 0 Å². The van der Waals surface area contributed by atoms with Crippen molar-refractivity contribution in [2.24, 2.45) is 0 Å². The maximum absolute atomic E-state index is 8.29. The van der Waals surface area contributed by atoms with Crippen LogP contribution in [0.5, 0.6) is 0 Å². The first-order valence-electron chi connectivity index (χ1n) is 3.04. The molecule has 0 fully saturated rings. The van der Waals surface area contributed by atoms with E-state index in [4.69, 9.17) is 9.68 Å². The van der Waals surface area contributed by atoms with Gasteiger partial charge < -0.3 is 4.42 Å². The lowest BCUT2D eigenvalue weighted by atomic mass is 10.3. The summed E-state index contributed by atoms with van der Waals surface area (Å²) in [5, 5.41) is 8.29. The second-order valence-corrected chi connectivity index (χ2v) is 3.57. The Morgan fingerprint density at radius 2 is 2.27 bits per heavy atom. The molecule has 0 bridgehead atoms. The van der Waals surface area contributed by atoms with Crippen molar-refractivity contribution in [3.8, 4) is 6.07 Å². The van der Waals surface area contributed by atoms with Gasteiger partial charge in [0.1, 0.15) is 5.76 Å². The van der Waals surface area contributed by atoms with Crippen LogP contribution < -0.4 is 0 Å². The summed E-state index contributed by atoms with van der Waals surface area (Å²) in [7, 11) is 0. The Kier molecular flexibility index (Phi) is 3.16. The molecule has 1 aromatic heterocycles. The molecule has 0 amide bonds. The number of halogens is 2. The quantitative estimate of drug-likeness (QED) is 0.833. The van der Waals surface area contributed by atoms with Crippen molar-refractivity contribution in [1.29, 1.82) is 5.26 Å². The Bertz CT molecular complexity index is 268. The van der Waals surface area contributed by atoms with E-state index in [1.807, 2.05) is 6.07 Å². The maximum atomic E-state index is 8.29. The van der Waals surface area contributed by atoms with Crippen molar-refractivity contribution in [3.63, 3.8) is 0 Å². The molecule has 58 valence electrons. The molecule has 0 aromatic carbocycles. The lowest BCUT2D eigenvalue weighted by Crippen LogP contribution is -1.76. The number of nitrogens with zero attached hydrogens (tertiary/aromatic N) is 1. The normalized spacial score (nSPS) is 9.55. The summed E-state index contributed by atoms with van der Waals surface area (Å²) >= 11 is 6.50. The third kappa shape index (κ3) is 2.35. The fraction of sp³-hybridized carbons (Fsp3) is 0.286. The van der Waals surface area contributed by atoms with Crippen molar-refractivity contribution < 1.29 is 4.42 Å². The third-order valence-electron chi connectivity index (χ3n) is 1.18. The zero-order valence-corrected chi connectivity index (χ0v) is 8.77. The van der Waals surface area contributed by atoms with Crippen molar-refractivity contribution >= 4 is 31.9 Å². The number of furan rings is 1. The molecule has 4 heteroatoms. The molecular weight excluding hydrogens is 274 g/mol. The van der Waals surface area contributed by atoms with E-state index in [2.05, 4.69) is 37.9 Å². The van der Waals surface area contributed by atoms with Crippen molar-refractivity contribution in [3.05, 3.63) is 21.0 Å². The Hall–Kier alpha value is -0.270. The van der Waals surface area contributed by atoms with E-state index in [0.717, 1.165) is 10.2 Å². The Morgan fingerprint density at radius 1 is 1.55 bits per heavy atom. The van der Waals surface area contributed by atoms with E-state index in [-0.39, 0.29) is 0 Å². The Morgan fingerprint density at radius 3 is 2.73 bits per heavy atom. The van der Waals surface area contributed by atoms with Gasteiger partial charge in [-0.15, -0.1) is 0 Å². The molecule has 0 aliphatic heterocycles. The first kappa shape index (κ1) is 8.82. The molecule has 1 heterocycles. The molecule has 0 saturated heterocycles. The molecule has 1 aromatic rings. The largest absolute Gasteiger partial charge is 0.453 e. The second kappa shape index (κ2) is 3.93. The number of hydrogen-bond acceptors (Lipinski definition) is 2. The monoisotopic (exact) mass is 277 g/mol. The van der Waals surface area contributed by atoms with E-state index < -0.39 is 0 Å². The van der Waals surface area contributed by atoms with Crippen LogP contribution in [0.1, 0.15) is 12.2 Å². The van der Waals surface area contributed by atoms with Gasteiger partial charge in [0.05, 0.1) is 10.5 Å². The number of aryl methyl sites for hydroxylation is 1. The predicted molar refractivity (Wildman–Crippen MR) is 48.0 cm³/mol. The lowest BCUT2D eigenvalue weighted by molar-refractivity contribution is 0.488. The first-order chi connectivity index (χ1) is 5.24. The third-order valence-corrected chi connectivity index (χ3v) is 2.89. The van der Waals surface area contributed by atoms with Crippen LogP contribution in [0.4, 0.5) is 0 Å². The zero-order chi connectivity index (χ0) is 8.27. The summed E-state index contributed by atoms with van der Waals surface area (Å²) in [6.07, 6.45) is 1.16. The van der Waals surface area contributed by atoms with Crippen LogP contribution in [-0.4, -0.2) is 0 Å². The highest BCUT2D eigenvalue weighted by Crippen LogP contribution is 2.27. The van der Waals surface area contributed by atoms with Gasteiger partial charge in [0, 0.05) is 12.8 Å². The molecule has 0 spiro atoms. The van der Waals surface area contributed by atoms with Crippen LogP contribution in [0.3, 0.4) is 0 Å². The SMILES string of the molecule is N#CCCc1cc(Br)c(Br)o1. The highest BCUT2D eigenvalue weighted by Gasteiger charge is 2.04. The van der Waals surface area contributed by atoms with E-state index >= 15 is 0 Å². The molecule has 0 N–H and O–H groups in total. The minimum atomic E-state index is 0.492. The number of rotatable bonds is 2. The van der Waals surface area contributed by atoms with Gasteiger partial charge >= 0.3 is 0 Å². The standard InChI is InChI=1S/C7H5Br2NO/c8-6-4-5(2-1-3-10)11-7(6)9/h4H,1-2H2. The minimum Gasteiger partial charge on any atom is -0.453 e. The molecule has 0 aliphatic rings. The highest BCUT2D eigenvalue weighted by atomic mass is 79.9. The summed E-state index contributed by atoms with van der Waals surface area (Å²) < 4.78 is 6.81. The summed E-state index contributed by atoms with van der Waals surface area (Å²) in [5.41, 5.74) is 0. The molecule has 0 atom stereocenters. The Balaban J connectivity index is 2.67. The average molecular weight is 279 g/mol. The lowest BCUT2D eigenvalue weighted by Gasteiger charge is -1.85. The molecule has 0 aliphatic carbocycles. The average Bonchev–Trinajstić information content (AvgIpc) is 2.28. The predicted octanol–water partition coefficient (Wildman–Crippen LogP) is 3.26. The van der Waals surface area contributed by atoms with Gasteiger partial charge in [0.15, 0.2) is 4.67 Å². The highest BCUT2D eigenvalue weighted by molar-refractivity contribution is 9.13. The van der Waals surface area contributed by atoms with Gasteiger partial charge in [0.25, 0.3) is 0 Å². The van der Waals surface area contributed by atoms with Crippen molar-refractivity contribution in [2.75, 3.05) is 0 Å². The molecule has 0 unspecified atom stereocenters. The van der Waals surface area contributed by atoms with Gasteiger partial charge in [0.2, 0.25) is 0 Å². The van der Waals surface area contributed by atoms with Crippen molar-refractivity contribution in [1.82, 2.24) is 0 Å². The fourth-order valence-electron chi connectivity index (χ4n) is 0.694. The van der Waals surface area contributed by atoms with Crippen LogP contribution in [0, 0.1) is 11.3 Å². The van der Waals surface area contributed by atoms with Crippen molar-refractivity contribution in [2.45, 2.75) is 12.8 Å². The van der Waals surface area contributed by atoms with Gasteiger partial charge in [-0.3, -0.25) is 0 Å². The van der Waals surface area contributed by atoms with E-state index in [9.17, 15) is 0 Å². The summed E-state index contributed by atoms with van der Waals surface area (Å²) in [4.78, 5) is 0.